The Morgan fingerprint density at radius 3 is 1.27 bits per heavy atom. The Hall–Kier alpha value is -11.2. The molecule has 6 amide bonds. The lowest BCUT2D eigenvalue weighted by atomic mass is 9.69. The molecule has 8 aliphatic rings. The molecule has 0 radical (unpaired) electrons. The second-order valence-electron chi connectivity index (χ2n) is 32.0. The van der Waals surface area contributed by atoms with E-state index in [1.54, 1.807) is 15.9 Å². The Kier molecular flexibility index (Phi) is 24.1. The van der Waals surface area contributed by atoms with Gasteiger partial charge in [-0.2, -0.15) is 0 Å². The fraction of sp³-hybridized carbons (Fsp3) is 0.368. The fourth-order valence-electron chi connectivity index (χ4n) is 18.5. The third-order valence-electron chi connectivity index (χ3n) is 24.8. The molecule has 17 rings (SSSR count). The zero-order valence-electron chi connectivity index (χ0n) is 65.1. The van der Waals surface area contributed by atoms with Gasteiger partial charge in [-0.05, 0) is 209 Å². The van der Waals surface area contributed by atoms with Gasteiger partial charge in [0.1, 0.15) is 41.7 Å². The van der Waals surface area contributed by atoms with E-state index in [0.717, 1.165) is 136 Å². The van der Waals surface area contributed by atoms with E-state index in [1.165, 1.54) is 44.5 Å². The summed E-state index contributed by atoms with van der Waals surface area (Å²) >= 11 is 0. The molecule has 4 fully saturated rings. The quantitative estimate of drug-likeness (QED) is 0.0335. The van der Waals surface area contributed by atoms with Crippen LogP contribution in [0.3, 0.4) is 0 Å². The zero-order valence-corrected chi connectivity index (χ0v) is 65.1. The number of carbonyl (C=O) groups is 6. The van der Waals surface area contributed by atoms with Gasteiger partial charge in [-0.25, -0.2) is 0 Å². The molecular weight excluding hydrogens is 1450 g/mol. The number of anilines is 2. The van der Waals surface area contributed by atoms with Gasteiger partial charge in [0.05, 0.1) is 25.4 Å². The average molecular weight is 1550 g/mol. The molecule has 9 aromatic carbocycles. The third kappa shape index (κ3) is 18.2. The molecular formula is C95H102N8O12. The Balaban J connectivity index is 0.000000174. The molecule has 0 saturated carbocycles. The highest BCUT2D eigenvalue weighted by molar-refractivity contribution is 6.06. The van der Waals surface area contributed by atoms with Gasteiger partial charge >= 0.3 is 0 Å². The largest absolute Gasteiger partial charge is 0.508 e. The van der Waals surface area contributed by atoms with E-state index >= 15 is 0 Å². The number of hydrogen-bond acceptors (Lipinski definition) is 16. The van der Waals surface area contributed by atoms with Crippen LogP contribution in [-0.2, 0) is 51.7 Å². The number of aliphatic hydroxyl groups excluding tert-OH is 2. The molecule has 115 heavy (non-hydrogen) atoms. The number of aliphatic hydroxyl groups is 2. The van der Waals surface area contributed by atoms with Crippen molar-refractivity contribution in [3.05, 3.63) is 285 Å². The lowest BCUT2D eigenvalue weighted by Crippen LogP contribution is -2.52. The van der Waals surface area contributed by atoms with Crippen molar-refractivity contribution in [1.82, 2.24) is 30.2 Å². The number of rotatable bonds is 25. The maximum absolute atomic E-state index is 13.1. The van der Waals surface area contributed by atoms with Gasteiger partial charge in [0.25, 0.3) is 11.8 Å². The number of nitrogens with one attached hydrogen (secondary N) is 2. The van der Waals surface area contributed by atoms with Crippen molar-refractivity contribution in [3.63, 3.8) is 0 Å². The minimum absolute atomic E-state index is 0.151. The van der Waals surface area contributed by atoms with Crippen molar-refractivity contribution < 1.29 is 58.3 Å². The number of fused-ring (bicyclic) bond motifs is 4. The highest BCUT2D eigenvalue weighted by Crippen LogP contribution is 2.49. The van der Waals surface area contributed by atoms with Crippen LogP contribution in [0.1, 0.15) is 170 Å². The average Bonchev–Trinajstić information content (AvgIpc) is 1.72. The van der Waals surface area contributed by atoms with Gasteiger partial charge in [0.15, 0.2) is 0 Å². The fourth-order valence-corrected chi connectivity index (χ4v) is 18.5. The lowest BCUT2D eigenvalue weighted by Gasteiger charge is -2.36. The van der Waals surface area contributed by atoms with Gasteiger partial charge in [-0.15, -0.1) is 0 Å². The van der Waals surface area contributed by atoms with Crippen LogP contribution in [0.4, 0.5) is 11.4 Å². The summed E-state index contributed by atoms with van der Waals surface area (Å²) in [6.07, 6.45) is 6.79. The molecule has 5 N–H and O–H groups in total. The molecule has 2 aliphatic carbocycles. The molecule has 8 atom stereocenters. The first kappa shape index (κ1) is 77.8. The smallest absolute Gasteiger partial charge is 0.255 e. The predicted octanol–water partition coefficient (Wildman–Crippen LogP) is 12.6. The second kappa shape index (κ2) is 35.7. The number of piperazine rings is 2. The highest BCUT2D eigenvalue weighted by Gasteiger charge is 2.42. The molecule has 4 saturated heterocycles. The molecule has 0 aromatic heterocycles. The number of nitrogens with zero attached hydrogens (tertiary/aromatic N) is 6. The number of amides is 6. The van der Waals surface area contributed by atoms with Crippen molar-refractivity contribution in [3.8, 4) is 23.0 Å². The van der Waals surface area contributed by atoms with Crippen LogP contribution in [0, 0.1) is 0 Å². The van der Waals surface area contributed by atoms with E-state index in [1.807, 2.05) is 60.7 Å². The van der Waals surface area contributed by atoms with E-state index in [9.17, 15) is 44.1 Å². The van der Waals surface area contributed by atoms with Crippen LogP contribution in [-0.4, -0.2) is 173 Å². The number of hydrogen-bond donors (Lipinski definition) is 5. The number of ether oxygens (including phenoxy) is 3. The highest BCUT2D eigenvalue weighted by atomic mass is 16.5. The number of benzene rings is 9. The molecule has 6 aliphatic heterocycles. The van der Waals surface area contributed by atoms with Crippen LogP contribution in [0.2, 0.25) is 0 Å². The van der Waals surface area contributed by atoms with Crippen molar-refractivity contribution >= 4 is 46.8 Å². The Labute approximate surface area is 672 Å². The first-order chi connectivity index (χ1) is 56.2. The van der Waals surface area contributed by atoms with Gasteiger partial charge in [0, 0.05) is 139 Å². The normalized spacial score (nSPS) is 21.4. The minimum atomic E-state index is -0.612. The number of phenolic OH excluding ortho intramolecular Hbond substituents is 1. The number of piperidine rings is 2. The maximum atomic E-state index is 13.1. The molecule has 20 nitrogen and oxygen atoms in total. The van der Waals surface area contributed by atoms with E-state index in [4.69, 9.17) is 14.2 Å². The third-order valence-corrected chi connectivity index (χ3v) is 24.8. The topological polar surface area (TPSA) is 234 Å². The second-order valence-corrected chi connectivity index (χ2v) is 32.0. The molecule has 20 heteroatoms. The summed E-state index contributed by atoms with van der Waals surface area (Å²) in [6, 6.07) is 71.8. The number of phenols is 1. The Bertz CT molecular complexity index is 4940. The van der Waals surface area contributed by atoms with E-state index < -0.39 is 36.1 Å². The van der Waals surface area contributed by atoms with Crippen molar-refractivity contribution in [2.75, 3.05) is 88.5 Å². The summed E-state index contributed by atoms with van der Waals surface area (Å²) in [5.74, 6) is 2.27. The minimum Gasteiger partial charge on any atom is -0.508 e. The molecule has 0 bridgehead atoms. The monoisotopic (exact) mass is 1550 g/mol. The summed E-state index contributed by atoms with van der Waals surface area (Å²) in [5, 5.41) is 36.6. The van der Waals surface area contributed by atoms with Crippen LogP contribution in [0.25, 0.3) is 0 Å². The zero-order chi connectivity index (χ0) is 78.9. The van der Waals surface area contributed by atoms with Crippen LogP contribution in [0.5, 0.6) is 23.0 Å². The molecule has 4 unspecified atom stereocenters. The first-order valence-corrected chi connectivity index (χ1v) is 41.2. The van der Waals surface area contributed by atoms with Gasteiger partial charge in [-0.3, -0.25) is 49.2 Å². The molecule has 594 valence electrons. The first-order valence-electron chi connectivity index (χ1n) is 41.2. The summed E-state index contributed by atoms with van der Waals surface area (Å²) in [4.78, 5) is 86.9. The number of aryl methyl sites for hydroxylation is 2. The number of carbonyl (C=O) groups excluding carboxylic acids is 6. The lowest BCUT2D eigenvalue weighted by molar-refractivity contribution is -0.138. The van der Waals surface area contributed by atoms with Crippen LogP contribution < -0.4 is 34.6 Å². The molecule has 6 heterocycles. The van der Waals surface area contributed by atoms with Crippen LogP contribution >= 0.6 is 0 Å². The van der Waals surface area contributed by atoms with Crippen molar-refractivity contribution in [2.24, 2.45) is 0 Å². The summed E-state index contributed by atoms with van der Waals surface area (Å²) < 4.78 is 18.5. The van der Waals surface area contributed by atoms with Crippen LogP contribution in [0.15, 0.2) is 212 Å². The maximum Gasteiger partial charge on any atom is 0.255 e. The van der Waals surface area contributed by atoms with Gasteiger partial charge in [0.2, 0.25) is 23.6 Å². The number of aromatic hydroxyl groups is 1. The van der Waals surface area contributed by atoms with Crippen molar-refractivity contribution in [2.45, 2.75) is 145 Å². The van der Waals surface area contributed by atoms with E-state index in [0.29, 0.717) is 100 Å². The SMILES string of the molecule is O=C1CCC(N2Cc3cc(N4CCN(CCC(O)CCOc5ccc([C@@H]6c7ccc(O)cc7CC[C@@H]6c6ccccc6)cc5)CC4)ccc3C2=O)C(=O)N1.O=C1CCC(N2Cc3cc(N4CCN(CCC(O)CCOc5ccc([C@@H]6c7ccc(OCc8ccccc8)cc7CC[C@@H]6c6ccccc6)cc5)CC4)ccc3C2=O)C(=O)N1. The Morgan fingerprint density at radius 2 is 0.817 bits per heavy atom. The molecule has 9 aromatic rings. The molecule has 0 spiro atoms. The van der Waals surface area contributed by atoms with E-state index in [2.05, 4.69) is 176 Å². The Morgan fingerprint density at radius 1 is 0.391 bits per heavy atom. The summed E-state index contributed by atoms with van der Waals surface area (Å²) in [5.41, 5.74) is 16.7. The number of imide groups is 2. The van der Waals surface area contributed by atoms with Gasteiger partial charge in [-0.1, -0.05) is 127 Å². The standard InChI is InChI=1S/C51H54N4O6.C44H48N4O6/c56-41(23-25-53-26-28-54(29-27-53)40-14-19-46-39(31-40)33-55(51(46)59)47-21-22-48(57)52-50(47)58)24-30-60-42-15-11-37(12-16-42)49-44(36-9-5-2-6-10-36)18-13-38-32-43(17-20-45(38)49)61-34-35-7-3-1-4-8-35;49-34(18-20-46-21-23-47(24-22-46)33-9-14-39-32(26-33)28-48(44(39)53)40-16-17-41(51)45-43(40)52)19-25-54-36-11-6-30(7-12-36)42-37(29-4-2-1-3-5-29)13-8-31-27-35(50)10-15-38(31)42/h1-12,14-17,19-20,31-32,41,44,47,49,56H,13,18,21-30,33-34H2,(H,52,57,58);1-7,9-12,14-15,26-27,34,37,40,42,49-50H,8,13,16-25,28H2,(H,45,51,52)/t41?,44-,47?,49+;34?,37-,40?,42+/m11/s1. The summed E-state index contributed by atoms with van der Waals surface area (Å²) in [6.45, 7) is 10.7. The van der Waals surface area contributed by atoms with E-state index in [-0.39, 0.29) is 48.3 Å². The van der Waals surface area contributed by atoms with Crippen molar-refractivity contribution in [1.29, 1.82) is 0 Å². The van der Waals surface area contributed by atoms with Gasteiger partial charge < -0.3 is 49.1 Å². The predicted molar refractivity (Wildman–Crippen MR) is 441 cm³/mol. The summed E-state index contributed by atoms with van der Waals surface area (Å²) in [7, 11) is 0.